The topological polar surface area (TPSA) is 22.8 Å². The average molecular weight is 646 g/mol. The second-order valence-corrected chi connectivity index (χ2v) is 13.9. The summed E-state index contributed by atoms with van der Waals surface area (Å²) in [7, 11) is 0. The Labute approximate surface area is 287 Å². The molecule has 3 nitrogen and oxygen atoms in total. The standard InChI is InChI=1S/C45H31N3S/c1-3-11-44-28(2)33-15-10-16-34(45(33)49-44)30-24-29-25-31(20-22-39(29)46-27-30)47-42-19-9-6-14-37(42)38-26-32(21-23-43(38)47)48-40-17-7-4-12-35(40)36-13-5-8-18-41(36)48/h3-27H,1-2H3. The van der Waals surface area contributed by atoms with Crippen LogP contribution < -0.4 is 0 Å². The highest BCUT2D eigenvalue weighted by Gasteiger charge is 2.17. The molecule has 0 unspecified atom stereocenters. The second-order valence-electron chi connectivity index (χ2n) is 12.8. The summed E-state index contributed by atoms with van der Waals surface area (Å²) in [5.41, 5.74) is 11.8. The number of fused-ring (bicyclic) bond motifs is 8. The van der Waals surface area contributed by atoms with Crippen molar-refractivity contribution >= 4 is 82.0 Å². The molecule has 0 aliphatic rings. The van der Waals surface area contributed by atoms with Crippen molar-refractivity contribution < 1.29 is 0 Å². The summed E-state index contributed by atoms with van der Waals surface area (Å²) in [4.78, 5) is 6.26. The van der Waals surface area contributed by atoms with Gasteiger partial charge < -0.3 is 9.13 Å². The molecule has 0 atom stereocenters. The first-order chi connectivity index (χ1) is 24.2. The number of hydrogen-bond donors (Lipinski definition) is 0. The number of hydrogen-bond acceptors (Lipinski definition) is 2. The molecule has 4 heteroatoms. The third-order valence-corrected chi connectivity index (χ3v) is 11.4. The fraction of sp³-hybridized carbons (Fsp3) is 0.0444. The molecule has 232 valence electrons. The van der Waals surface area contributed by atoms with Crippen molar-refractivity contribution in [2.24, 2.45) is 0 Å². The fourth-order valence-electron chi connectivity index (χ4n) is 7.78. The van der Waals surface area contributed by atoms with Crippen molar-refractivity contribution in [3.05, 3.63) is 156 Å². The van der Waals surface area contributed by atoms with E-state index < -0.39 is 0 Å². The highest BCUT2D eigenvalue weighted by molar-refractivity contribution is 7.20. The van der Waals surface area contributed by atoms with Crippen LogP contribution >= 0.6 is 11.3 Å². The van der Waals surface area contributed by atoms with E-state index in [0.717, 1.165) is 27.8 Å². The molecule has 0 aliphatic carbocycles. The first-order valence-electron chi connectivity index (χ1n) is 16.7. The largest absolute Gasteiger partial charge is 0.309 e. The van der Waals surface area contributed by atoms with E-state index >= 15 is 0 Å². The van der Waals surface area contributed by atoms with Gasteiger partial charge in [-0.2, -0.15) is 0 Å². The summed E-state index contributed by atoms with van der Waals surface area (Å²) in [5, 5.41) is 7.46. The van der Waals surface area contributed by atoms with Crippen LogP contribution in [0.4, 0.5) is 0 Å². The zero-order chi connectivity index (χ0) is 32.6. The minimum atomic E-state index is 0.992. The summed E-state index contributed by atoms with van der Waals surface area (Å²) >= 11 is 1.86. The number of nitrogens with zero attached hydrogens (tertiary/aromatic N) is 3. The van der Waals surface area contributed by atoms with Crippen LogP contribution in [0.2, 0.25) is 0 Å². The Morgan fingerprint density at radius 2 is 1.16 bits per heavy atom. The molecule has 0 spiro atoms. The van der Waals surface area contributed by atoms with Crippen LogP contribution in [0.5, 0.6) is 0 Å². The maximum Gasteiger partial charge on any atom is 0.0703 e. The molecule has 0 fully saturated rings. The van der Waals surface area contributed by atoms with Gasteiger partial charge in [-0.1, -0.05) is 78.9 Å². The lowest BCUT2D eigenvalue weighted by Crippen LogP contribution is -1.96. The maximum absolute atomic E-state index is 4.95. The molecular formula is C45H31N3S. The van der Waals surface area contributed by atoms with Gasteiger partial charge in [0.05, 0.1) is 27.6 Å². The molecular weight excluding hydrogens is 615 g/mol. The number of allylic oxidation sites excluding steroid dienone is 1. The molecule has 0 aliphatic heterocycles. The van der Waals surface area contributed by atoms with Crippen molar-refractivity contribution in [3.63, 3.8) is 0 Å². The van der Waals surface area contributed by atoms with Gasteiger partial charge in [0, 0.05) is 65.2 Å². The smallest absolute Gasteiger partial charge is 0.0703 e. The lowest BCUT2D eigenvalue weighted by molar-refractivity contribution is 1.17. The van der Waals surface area contributed by atoms with Crippen LogP contribution in [0.15, 0.2) is 146 Å². The molecule has 0 bridgehead atoms. The van der Waals surface area contributed by atoms with Crippen LogP contribution in [-0.2, 0) is 0 Å². The van der Waals surface area contributed by atoms with E-state index in [2.05, 4.69) is 169 Å². The minimum Gasteiger partial charge on any atom is -0.309 e. The van der Waals surface area contributed by atoms with Crippen LogP contribution in [0.25, 0.3) is 93.2 Å². The fourth-order valence-corrected chi connectivity index (χ4v) is 9.10. The lowest BCUT2D eigenvalue weighted by Gasteiger charge is -2.11. The van der Waals surface area contributed by atoms with E-state index in [1.54, 1.807) is 0 Å². The molecule has 0 amide bonds. The predicted molar refractivity (Wildman–Crippen MR) is 211 cm³/mol. The summed E-state index contributed by atoms with van der Waals surface area (Å²) in [6.07, 6.45) is 6.36. The Kier molecular flexibility index (Phi) is 6.18. The molecule has 10 rings (SSSR count). The molecule has 4 heterocycles. The number of rotatable bonds is 4. The molecule has 6 aromatic carbocycles. The van der Waals surface area contributed by atoms with E-state index in [9.17, 15) is 0 Å². The van der Waals surface area contributed by atoms with Gasteiger partial charge in [0.25, 0.3) is 0 Å². The van der Waals surface area contributed by atoms with E-state index in [4.69, 9.17) is 4.98 Å². The van der Waals surface area contributed by atoms with Gasteiger partial charge in [-0.25, -0.2) is 0 Å². The second kappa shape index (κ2) is 10.8. The monoisotopic (exact) mass is 645 g/mol. The number of benzene rings is 6. The van der Waals surface area contributed by atoms with Gasteiger partial charge in [-0.15, -0.1) is 11.3 Å². The zero-order valence-corrected chi connectivity index (χ0v) is 28.0. The van der Waals surface area contributed by atoms with Gasteiger partial charge in [0.15, 0.2) is 0 Å². The highest BCUT2D eigenvalue weighted by Crippen LogP contribution is 2.40. The van der Waals surface area contributed by atoms with Crippen LogP contribution in [0.3, 0.4) is 0 Å². The Morgan fingerprint density at radius 3 is 1.86 bits per heavy atom. The summed E-state index contributed by atoms with van der Waals surface area (Å²) in [6.45, 7) is 4.30. The van der Waals surface area contributed by atoms with Crippen molar-refractivity contribution in [2.75, 3.05) is 0 Å². The summed E-state index contributed by atoms with van der Waals surface area (Å²) < 4.78 is 6.11. The third-order valence-electron chi connectivity index (χ3n) is 10.0. The SMILES string of the molecule is CC=Cc1sc2c(-c3cnc4ccc(-n5c6ccccc6c6cc(-n7c8ccccc8c8ccccc87)ccc65)cc4c3)cccc2c1C. The summed E-state index contributed by atoms with van der Waals surface area (Å²) in [6, 6.07) is 48.7. The number of aromatic nitrogens is 3. The van der Waals surface area contributed by atoms with Gasteiger partial charge in [-0.05, 0) is 91.5 Å². The highest BCUT2D eigenvalue weighted by atomic mass is 32.1. The van der Waals surface area contributed by atoms with Gasteiger partial charge >= 0.3 is 0 Å². The first kappa shape index (κ1) is 28.1. The number of thiophene rings is 1. The van der Waals surface area contributed by atoms with E-state index in [1.807, 2.05) is 17.5 Å². The van der Waals surface area contributed by atoms with Crippen LogP contribution in [0.1, 0.15) is 17.4 Å². The van der Waals surface area contributed by atoms with Crippen LogP contribution in [-0.4, -0.2) is 14.1 Å². The average Bonchev–Trinajstić information content (AvgIpc) is 3.78. The van der Waals surface area contributed by atoms with Gasteiger partial charge in [0.1, 0.15) is 0 Å². The Bertz CT molecular complexity index is 2920. The van der Waals surface area contributed by atoms with Crippen molar-refractivity contribution in [3.8, 4) is 22.5 Å². The van der Waals surface area contributed by atoms with Crippen LogP contribution in [0, 0.1) is 6.92 Å². The van der Waals surface area contributed by atoms with Gasteiger partial charge in [-0.3, -0.25) is 4.98 Å². The maximum atomic E-state index is 4.95. The molecule has 4 aromatic heterocycles. The number of para-hydroxylation sites is 3. The molecule has 0 N–H and O–H groups in total. The minimum absolute atomic E-state index is 0.992. The number of pyridine rings is 1. The third kappa shape index (κ3) is 4.17. The Morgan fingerprint density at radius 1 is 0.571 bits per heavy atom. The summed E-state index contributed by atoms with van der Waals surface area (Å²) in [5.74, 6) is 0. The van der Waals surface area contributed by atoms with Gasteiger partial charge in [0.2, 0.25) is 0 Å². The predicted octanol–water partition coefficient (Wildman–Crippen LogP) is 12.7. The molecule has 0 saturated carbocycles. The first-order valence-corrected chi connectivity index (χ1v) is 17.6. The van der Waals surface area contributed by atoms with Crippen molar-refractivity contribution in [1.82, 2.24) is 14.1 Å². The van der Waals surface area contributed by atoms with E-state index in [-0.39, 0.29) is 0 Å². The van der Waals surface area contributed by atoms with Crippen molar-refractivity contribution in [2.45, 2.75) is 13.8 Å². The molecule has 49 heavy (non-hydrogen) atoms. The molecule has 0 radical (unpaired) electrons. The van der Waals surface area contributed by atoms with Crippen molar-refractivity contribution in [1.29, 1.82) is 0 Å². The van der Waals surface area contributed by atoms with E-state index in [0.29, 0.717) is 0 Å². The Hall–Kier alpha value is -5.97. The number of aryl methyl sites for hydroxylation is 1. The van der Waals surface area contributed by atoms with E-state index in [1.165, 1.54) is 69.7 Å². The lowest BCUT2D eigenvalue weighted by atomic mass is 10.0. The molecule has 0 saturated heterocycles. The molecule has 10 aromatic rings. The quantitative estimate of drug-likeness (QED) is 0.187. The normalized spacial score (nSPS) is 12.2. The zero-order valence-electron chi connectivity index (χ0n) is 27.2. The Balaban J connectivity index is 1.16.